The van der Waals surface area contributed by atoms with Gasteiger partial charge in [0.25, 0.3) is 5.56 Å². The molecule has 0 aliphatic carbocycles. The van der Waals surface area contributed by atoms with Crippen molar-refractivity contribution in [1.29, 1.82) is 5.26 Å². The van der Waals surface area contributed by atoms with Crippen LogP contribution in [0.15, 0.2) is 14.4 Å². The molecule has 0 fully saturated rings. The number of hydrogen-bond donors (Lipinski definition) is 2. The number of aryl methyl sites for hydroxylation is 1. The highest BCUT2D eigenvalue weighted by atomic mass is 32.1. The number of anilines is 1. The van der Waals surface area contributed by atoms with E-state index in [-0.39, 0.29) is 27.0 Å². The first-order chi connectivity index (χ1) is 9.88. The minimum Gasteiger partial charge on any atom is -0.384 e. The fourth-order valence-electron chi connectivity index (χ4n) is 2.29. The molecule has 9 heteroatoms. The molecule has 3 N–H and O–H groups in total. The summed E-state index contributed by atoms with van der Waals surface area (Å²) in [6, 6.07) is 1.74. The van der Waals surface area contributed by atoms with Crippen LogP contribution in [0.3, 0.4) is 0 Å². The number of hydrogen-bond acceptors (Lipinski definition) is 6. The van der Waals surface area contributed by atoms with Crippen molar-refractivity contribution < 1.29 is 0 Å². The zero-order chi connectivity index (χ0) is 15.5. The van der Waals surface area contributed by atoms with Gasteiger partial charge in [-0.15, -0.1) is 11.3 Å². The van der Waals surface area contributed by atoms with E-state index in [9.17, 15) is 14.4 Å². The molecular formula is C12H9N5O3S. The maximum atomic E-state index is 12.4. The third-order valence-electron chi connectivity index (χ3n) is 3.37. The van der Waals surface area contributed by atoms with Gasteiger partial charge in [0.15, 0.2) is 0 Å². The lowest BCUT2D eigenvalue weighted by Gasteiger charge is -2.03. The zero-order valence-corrected chi connectivity index (χ0v) is 11.9. The summed E-state index contributed by atoms with van der Waals surface area (Å²) in [6.07, 6.45) is 0. The van der Waals surface area contributed by atoms with Gasteiger partial charge >= 0.3 is 5.69 Å². The summed E-state index contributed by atoms with van der Waals surface area (Å²) in [5, 5.41) is 9.15. The monoisotopic (exact) mass is 303 g/mol. The standard InChI is InChI=1S/C12H9N5O3S/c1-16-6-5-7(18)4(3-13)9(14)15-10(5)21-8(6)11(19)17(2)12(16)20/h1-2H3,(H3,14,15,18). The molecule has 106 valence electrons. The smallest absolute Gasteiger partial charge is 0.331 e. The molecule has 0 saturated heterocycles. The minimum absolute atomic E-state index is 0.0524. The van der Waals surface area contributed by atoms with Gasteiger partial charge in [-0.2, -0.15) is 5.26 Å². The van der Waals surface area contributed by atoms with Crippen LogP contribution in [-0.4, -0.2) is 14.1 Å². The second-order valence-corrected chi connectivity index (χ2v) is 5.56. The molecule has 0 spiro atoms. The summed E-state index contributed by atoms with van der Waals surface area (Å²) in [4.78, 5) is 39.7. The summed E-state index contributed by atoms with van der Waals surface area (Å²) >= 11 is 1.03. The van der Waals surface area contributed by atoms with Gasteiger partial charge in [-0.1, -0.05) is 0 Å². The highest BCUT2D eigenvalue weighted by Gasteiger charge is 2.20. The molecule has 0 amide bonds. The highest BCUT2D eigenvalue weighted by molar-refractivity contribution is 7.25. The van der Waals surface area contributed by atoms with E-state index < -0.39 is 16.7 Å². The largest absolute Gasteiger partial charge is 0.384 e. The van der Waals surface area contributed by atoms with Crippen molar-refractivity contribution in [2.45, 2.75) is 0 Å². The number of fused-ring (bicyclic) bond motifs is 3. The van der Waals surface area contributed by atoms with Gasteiger partial charge in [0.05, 0.1) is 10.9 Å². The third-order valence-corrected chi connectivity index (χ3v) is 4.46. The van der Waals surface area contributed by atoms with Gasteiger partial charge in [-0.25, -0.2) is 4.79 Å². The molecule has 0 aliphatic rings. The molecule has 0 saturated carbocycles. The molecule has 8 nitrogen and oxygen atoms in total. The van der Waals surface area contributed by atoms with Crippen molar-refractivity contribution in [3.8, 4) is 6.07 Å². The Hall–Kier alpha value is -2.86. The fraction of sp³-hybridized carbons (Fsp3) is 0.167. The molecule has 21 heavy (non-hydrogen) atoms. The van der Waals surface area contributed by atoms with Crippen LogP contribution in [0.25, 0.3) is 20.4 Å². The molecule has 3 rings (SSSR count). The van der Waals surface area contributed by atoms with Gasteiger partial charge in [-0.05, 0) is 0 Å². The van der Waals surface area contributed by atoms with Crippen LogP contribution in [0, 0.1) is 11.3 Å². The van der Waals surface area contributed by atoms with Gasteiger partial charge in [0.2, 0.25) is 5.43 Å². The van der Waals surface area contributed by atoms with E-state index in [1.54, 1.807) is 6.07 Å². The third kappa shape index (κ3) is 1.50. The topological polar surface area (TPSA) is 127 Å². The van der Waals surface area contributed by atoms with E-state index in [1.807, 2.05) is 0 Å². The average molecular weight is 303 g/mol. The van der Waals surface area contributed by atoms with Crippen LogP contribution in [0.2, 0.25) is 0 Å². The van der Waals surface area contributed by atoms with Crippen molar-refractivity contribution in [3.63, 3.8) is 0 Å². The fourth-order valence-corrected chi connectivity index (χ4v) is 3.51. The molecule has 0 atom stereocenters. The molecule has 0 aromatic carbocycles. The number of aromatic nitrogens is 3. The normalized spacial score (nSPS) is 11.1. The number of rotatable bonds is 0. The van der Waals surface area contributed by atoms with Gasteiger partial charge < -0.3 is 10.7 Å². The highest BCUT2D eigenvalue weighted by Crippen LogP contribution is 2.28. The Balaban J connectivity index is 2.80. The van der Waals surface area contributed by atoms with E-state index in [4.69, 9.17) is 11.0 Å². The first kappa shape index (κ1) is 13.1. The summed E-state index contributed by atoms with van der Waals surface area (Å²) in [5.41, 5.74) is 4.02. The SMILES string of the molecule is Cn1c(=O)c2sc3[nH]c(N)c(C#N)c(=O)c3c2n(C)c1=O. The number of nitriles is 1. The number of nitrogens with one attached hydrogen (secondary N) is 1. The number of nitrogens with zero attached hydrogens (tertiary/aromatic N) is 3. The van der Waals surface area contributed by atoms with Crippen molar-refractivity contribution in [1.82, 2.24) is 14.1 Å². The summed E-state index contributed by atoms with van der Waals surface area (Å²) in [7, 11) is 2.84. The Morgan fingerprint density at radius 1 is 1.24 bits per heavy atom. The second kappa shape index (κ2) is 4.07. The van der Waals surface area contributed by atoms with Crippen LogP contribution in [0.4, 0.5) is 5.82 Å². The van der Waals surface area contributed by atoms with E-state index in [1.165, 1.54) is 18.7 Å². The Morgan fingerprint density at radius 2 is 1.90 bits per heavy atom. The molecule has 3 aromatic rings. The molecule has 3 aromatic heterocycles. The number of pyridine rings is 1. The molecule has 0 radical (unpaired) electrons. The maximum absolute atomic E-state index is 12.4. The van der Waals surface area contributed by atoms with E-state index in [0.29, 0.717) is 4.83 Å². The number of nitrogens with two attached hydrogens (primary N) is 1. The minimum atomic E-state index is -0.585. The van der Waals surface area contributed by atoms with Gasteiger partial charge in [-0.3, -0.25) is 18.7 Å². The first-order valence-corrected chi connectivity index (χ1v) is 6.64. The van der Waals surface area contributed by atoms with Crippen molar-refractivity contribution >= 4 is 37.6 Å². The average Bonchev–Trinajstić information content (AvgIpc) is 2.82. The predicted molar refractivity (Wildman–Crippen MR) is 79.6 cm³/mol. The van der Waals surface area contributed by atoms with Crippen LogP contribution in [-0.2, 0) is 14.1 Å². The van der Waals surface area contributed by atoms with Crippen LogP contribution >= 0.6 is 11.3 Å². The van der Waals surface area contributed by atoms with Gasteiger partial charge in [0.1, 0.15) is 27.0 Å². The second-order valence-electron chi connectivity index (χ2n) is 4.54. The van der Waals surface area contributed by atoms with Crippen molar-refractivity contribution in [2.24, 2.45) is 14.1 Å². The lowest BCUT2D eigenvalue weighted by Crippen LogP contribution is -2.36. The quantitative estimate of drug-likeness (QED) is 0.584. The van der Waals surface area contributed by atoms with Crippen LogP contribution in [0.5, 0.6) is 0 Å². The molecule has 3 heterocycles. The lowest BCUT2D eigenvalue weighted by molar-refractivity contribution is 0.716. The number of H-pyrrole nitrogens is 1. The first-order valence-electron chi connectivity index (χ1n) is 5.82. The lowest BCUT2D eigenvalue weighted by atomic mass is 10.2. The molecule has 0 aliphatic heterocycles. The maximum Gasteiger partial charge on any atom is 0.331 e. The van der Waals surface area contributed by atoms with E-state index in [0.717, 1.165) is 15.9 Å². The Labute approximate surface area is 120 Å². The Kier molecular flexibility index (Phi) is 2.54. The number of aromatic amines is 1. The molecule has 0 bridgehead atoms. The van der Waals surface area contributed by atoms with Crippen LogP contribution in [0.1, 0.15) is 5.56 Å². The zero-order valence-electron chi connectivity index (χ0n) is 11.1. The van der Waals surface area contributed by atoms with E-state index in [2.05, 4.69) is 4.98 Å². The molecule has 0 unspecified atom stereocenters. The Bertz CT molecular complexity index is 1140. The number of thiophene rings is 1. The Morgan fingerprint density at radius 3 is 2.52 bits per heavy atom. The number of nitrogen functional groups attached to an aromatic ring is 1. The van der Waals surface area contributed by atoms with E-state index >= 15 is 0 Å². The van der Waals surface area contributed by atoms with Crippen LogP contribution < -0.4 is 22.4 Å². The van der Waals surface area contributed by atoms with Crippen molar-refractivity contribution in [3.05, 3.63) is 36.6 Å². The summed E-state index contributed by atoms with van der Waals surface area (Å²) in [6.45, 7) is 0. The predicted octanol–water partition coefficient (Wildman–Crippen LogP) is -0.406. The molecular weight excluding hydrogens is 294 g/mol. The summed E-state index contributed by atoms with van der Waals surface area (Å²) in [5.74, 6) is -0.0524. The van der Waals surface area contributed by atoms with Gasteiger partial charge in [0, 0.05) is 14.1 Å². The summed E-state index contributed by atoms with van der Waals surface area (Å²) < 4.78 is 2.45. The van der Waals surface area contributed by atoms with Crippen molar-refractivity contribution in [2.75, 3.05) is 5.73 Å².